The van der Waals surface area contributed by atoms with Gasteiger partial charge in [0, 0.05) is 44.5 Å². The van der Waals surface area contributed by atoms with Gasteiger partial charge in [-0.3, -0.25) is 9.48 Å². The molecule has 1 saturated heterocycles. The first-order valence-electron chi connectivity index (χ1n) is 9.15. The maximum Gasteiger partial charge on any atom is 0.276 e. The minimum atomic E-state index is -0.0360. The van der Waals surface area contributed by atoms with Gasteiger partial charge in [0.1, 0.15) is 5.75 Å². The van der Waals surface area contributed by atoms with Gasteiger partial charge in [-0.2, -0.15) is 0 Å². The lowest BCUT2D eigenvalue weighted by Gasteiger charge is -2.35. The lowest BCUT2D eigenvalue weighted by Crippen LogP contribution is -2.48. The third-order valence-corrected chi connectivity index (χ3v) is 4.68. The van der Waals surface area contributed by atoms with Crippen LogP contribution in [0.5, 0.6) is 5.75 Å². The molecule has 0 unspecified atom stereocenters. The van der Waals surface area contributed by atoms with Gasteiger partial charge in [-0.25, -0.2) is 0 Å². The number of aryl methyl sites for hydroxylation is 1. The highest BCUT2D eigenvalue weighted by Crippen LogP contribution is 2.22. The van der Waals surface area contributed by atoms with Gasteiger partial charge in [0.05, 0.1) is 13.3 Å². The first-order valence-corrected chi connectivity index (χ1v) is 9.15. The van der Waals surface area contributed by atoms with Crippen molar-refractivity contribution >= 4 is 11.6 Å². The molecule has 1 aromatic heterocycles. The molecule has 0 atom stereocenters. The van der Waals surface area contributed by atoms with E-state index in [1.807, 2.05) is 23.1 Å². The van der Waals surface area contributed by atoms with Crippen molar-refractivity contribution in [2.75, 3.05) is 38.2 Å². The van der Waals surface area contributed by atoms with Crippen LogP contribution in [0.1, 0.15) is 30.8 Å². The van der Waals surface area contributed by atoms with E-state index in [0.717, 1.165) is 37.5 Å². The van der Waals surface area contributed by atoms with Crippen molar-refractivity contribution in [1.29, 1.82) is 0 Å². The number of carbonyl (C=O) groups excluding carboxylic acids is 1. The molecule has 2 aromatic rings. The van der Waals surface area contributed by atoms with Crippen LogP contribution in [-0.2, 0) is 6.54 Å². The third kappa shape index (κ3) is 4.33. The molecule has 3 rings (SSSR count). The number of piperazine rings is 1. The summed E-state index contributed by atoms with van der Waals surface area (Å²) < 4.78 is 7.05. The number of amides is 1. The SMILES string of the molecule is COc1cccc(N2CCN(C(=O)c3cn(CCC(C)C)nn3)CC2)c1. The van der Waals surface area contributed by atoms with E-state index < -0.39 is 0 Å². The highest BCUT2D eigenvalue weighted by Gasteiger charge is 2.24. The number of benzene rings is 1. The van der Waals surface area contributed by atoms with Gasteiger partial charge in [0.25, 0.3) is 5.91 Å². The number of hydrogen-bond acceptors (Lipinski definition) is 5. The first kappa shape index (κ1) is 18.2. The molecular weight excluding hydrogens is 330 g/mol. The summed E-state index contributed by atoms with van der Waals surface area (Å²) in [5, 5.41) is 8.14. The molecule has 1 aromatic carbocycles. The van der Waals surface area contributed by atoms with E-state index in [4.69, 9.17) is 4.74 Å². The number of ether oxygens (including phenoxy) is 1. The number of carbonyl (C=O) groups is 1. The minimum Gasteiger partial charge on any atom is -0.497 e. The van der Waals surface area contributed by atoms with Crippen molar-refractivity contribution < 1.29 is 9.53 Å². The molecule has 1 aliphatic rings. The van der Waals surface area contributed by atoms with Gasteiger partial charge in [0.15, 0.2) is 5.69 Å². The Balaban J connectivity index is 1.56. The Hall–Kier alpha value is -2.57. The van der Waals surface area contributed by atoms with Gasteiger partial charge in [-0.05, 0) is 24.5 Å². The number of anilines is 1. The lowest BCUT2D eigenvalue weighted by atomic mass is 10.1. The van der Waals surface area contributed by atoms with E-state index in [0.29, 0.717) is 24.7 Å². The van der Waals surface area contributed by atoms with E-state index in [1.54, 1.807) is 18.0 Å². The highest BCUT2D eigenvalue weighted by molar-refractivity contribution is 5.92. The van der Waals surface area contributed by atoms with Crippen molar-refractivity contribution in [2.24, 2.45) is 5.92 Å². The van der Waals surface area contributed by atoms with E-state index in [9.17, 15) is 4.79 Å². The Morgan fingerprint density at radius 2 is 2.00 bits per heavy atom. The minimum absolute atomic E-state index is 0.0360. The summed E-state index contributed by atoms with van der Waals surface area (Å²) in [7, 11) is 1.67. The van der Waals surface area contributed by atoms with Crippen LogP contribution in [0.15, 0.2) is 30.5 Å². The quantitative estimate of drug-likeness (QED) is 0.794. The molecular formula is C19H27N5O2. The summed E-state index contributed by atoms with van der Waals surface area (Å²) in [5.74, 6) is 1.41. The summed E-state index contributed by atoms with van der Waals surface area (Å²) >= 11 is 0. The average Bonchev–Trinajstić information content (AvgIpc) is 3.15. The normalized spacial score (nSPS) is 14.8. The molecule has 0 bridgehead atoms. The molecule has 7 heteroatoms. The van der Waals surface area contributed by atoms with Crippen molar-refractivity contribution in [3.05, 3.63) is 36.2 Å². The van der Waals surface area contributed by atoms with Crippen LogP contribution in [-0.4, -0.2) is 59.1 Å². The lowest BCUT2D eigenvalue weighted by molar-refractivity contribution is 0.0740. The fourth-order valence-electron chi connectivity index (χ4n) is 3.03. The Morgan fingerprint density at radius 3 is 2.69 bits per heavy atom. The summed E-state index contributed by atoms with van der Waals surface area (Å²) in [6.45, 7) is 8.07. The predicted molar refractivity (Wildman–Crippen MR) is 101 cm³/mol. The molecule has 0 spiro atoms. The van der Waals surface area contributed by atoms with Gasteiger partial charge in [0.2, 0.25) is 0 Å². The van der Waals surface area contributed by atoms with Crippen LogP contribution < -0.4 is 9.64 Å². The van der Waals surface area contributed by atoms with Gasteiger partial charge >= 0.3 is 0 Å². The molecule has 7 nitrogen and oxygen atoms in total. The third-order valence-electron chi connectivity index (χ3n) is 4.68. The molecule has 1 aliphatic heterocycles. The van der Waals surface area contributed by atoms with Crippen LogP contribution in [0.4, 0.5) is 5.69 Å². The zero-order valence-corrected chi connectivity index (χ0v) is 15.8. The topological polar surface area (TPSA) is 63.5 Å². The summed E-state index contributed by atoms with van der Waals surface area (Å²) in [6.07, 6.45) is 2.79. The molecule has 0 saturated carbocycles. The van der Waals surface area contributed by atoms with E-state index >= 15 is 0 Å². The monoisotopic (exact) mass is 357 g/mol. The highest BCUT2D eigenvalue weighted by atomic mass is 16.5. The fourth-order valence-corrected chi connectivity index (χ4v) is 3.03. The van der Waals surface area contributed by atoms with Crippen LogP contribution in [0, 0.1) is 5.92 Å². The zero-order chi connectivity index (χ0) is 18.5. The second kappa shape index (κ2) is 8.21. The second-order valence-electron chi connectivity index (χ2n) is 7.03. The standard InChI is InChI=1S/C19H27N5O2/c1-15(2)7-8-24-14-18(20-21-24)19(25)23-11-9-22(10-12-23)16-5-4-6-17(13-16)26-3/h4-6,13-15H,7-12H2,1-3H3. The summed E-state index contributed by atoms with van der Waals surface area (Å²) in [4.78, 5) is 16.8. The Kier molecular flexibility index (Phi) is 5.75. The Labute approximate surface area is 154 Å². The number of rotatable bonds is 6. The maximum atomic E-state index is 12.7. The molecule has 2 heterocycles. The van der Waals surface area contributed by atoms with E-state index in [2.05, 4.69) is 35.1 Å². The van der Waals surface area contributed by atoms with Crippen molar-refractivity contribution in [2.45, 2.75) is 26.8 Å². The molecule has 1 fully saturated rings. The number of methoxy groups -OCH3 is 1. The van der Waals surface area contributed by atoms with Crippen LogP contribution in [0.2, 0.25) is 0 Å². The van der Waals surface area contributed by atoms with Crippen molar-refractivity contribution in [1.82, 2.24) is 19.9 Å². The van der Waals surface area contributed by atoms with Gasteiger partial charge < -0.3 is 14.5 Å². The van der Waals surface area contributed by atoms with Crippen molar-refractivity contribution in [3.63, 3.8) is 0 Å². The van der Waals surface area contributed by atoms with E-state index in [-0.39, 0.29) is 5.91 Å². The van der Waals surface area contributed by atoms with Crippen LogP contribution >= 0.6 is 0 Å². The molecule has 0 N–H and O–H groups in total. The largest absolute Gasteiger partial charge is 0.497 e. The first-order chi connectivity index (χ1) is 12.6. The Morgan fingerprint density at radius 1 is 1.23 bits per heavy atom. The predicted octanol–water partition coefficient (Wildman–Crippen LogP) is 2.30. The zero-order valence-electron chi connectivity index (χ0n) is 15.8. The fraction of sp³-hybridized carbons (Fsp3) is 0.526. The van der Waals surface area contributed by atoms with Crippen LogP contribution in [0.3, 0.4) is 0 Å². The van der Waals surface area contributed by atoms with Crippen molar-refractivity contribution in [3.8, 4) is 5.75 Å². The molecule has 140 valence electrons. The average molecular weight is 357 g/mol. The smallest absolute Gasteiger partial charge is 0.276 e. The molecule has 26 heavy (non-hydrogen) atoms. The van der Waals surface area contributed by atoms with Gasteiger partial charge in [-0.1, -0.05) is 25.1 Å². The van der Waals surface area contributed by atoms with E-state index in [1.165, 1.54) is 0 Å². The maximum absolute atomic E-state index is 12.7. The second-order valence-corrected chi connectivity index (χ2v) is 7.03. The van der Waals surface area contributed by atoms with Crippen LogP contribution in [0.25, 0.3) is 0 Å². The summed E-state index contributed by atoms with van der Waals surface area (Å²) in [5.41, 5.74) is 1.56. The number of nitrogens with zero attached hydrogens (tertiary/aromatic N) is 5. The number of aromatic nitrogens is 3. The molecule has 0 radical (unpaired) electrons. The number of hydrogen-bond donors (Lipinski definition) is 0. The Bertz CT molecular complexity index is 735. The van der Waals surface area contributed by atoms with Gasteiger partial charge in [-0.15, -0.1) is 5.10 Å². The molecule has 1 amide bonds. The summed E-state index contributed by atoms with van der Waals surface area (Å²) in [6, 6.07) is 8.02. The molecule has 0 aliphatic carbocycles.